The van der Waals surface area contributed by atoms with E-state index in [1.807, 2.05) is 30.3 Å². The van der Waals surface area contributed by atoms with Gasteiger partial charge in [0, 0.05) is 45.0 Å². The van der Waals surface area contributed by atoms with E-state index in [1.165, 1.54) is 62.2 Å². The molecule has 4 heteroatoms. The summed E-state index contributed by atoms with van der Waals surface area (Å²) in [6.07, 6.45) is 8.75. The Bertz CT molecular complexity index is 541. The van der Waals surface area contributed by atoms with Crippen molar-refractivity contribution in [2.24, 2.45) is 0 Å². The average molecular weight is 473 g/mol. The van der Waals surface area contributed by atoms with Crippen molar-refractivity contribution in [1.29, 1.82) is 0 Å². The second-order valence-electron chi connectivity index (χ2n) is 8.15. The first-order valence-corrected chi connectivity index (χ1v) is 14.5. The molecular weight excluding hydrogens is 428 g/mol. The Kier molecular flexibility index (Phi) is 18.7. The maximum absolute atomic E-state index is 8.93. The zero-order chi connectivity index (χ0) is 21.2. The molecule has 0 aliphatic rings. The van der Waals surface area contributed by atoms with E-state index >= 15 is 0 Å². The Balaban J connectivity index is 0.00000122. The predicted octanol–water partition coefficient (Wildman–Crippen LogP) is 6.76. The summed E-state index contributed by atoms with van der Waals surface area (Å²) in [6.45, 7) is 8.57. The number of hydrogen-bond donors (Lipinski definition) is 1. The molecule has 178 valence electrons. The molecule has 0 spiro atoms. The van der Waals surface area contributed by atoms with Gasteiger partial charge in [-0.15, -0.1) is 5.56 Å². The summed E-state index contributed by atoms with van der Waals surface area (Å²) >= 11 is 0. The Morgan fingerprint density at radius 1 is 0.867 bits per heavy atom. The van der Waals surface area contributed by atoms with E-state index in [-0.39, 0.29) is 23.7 Å². The van der Waals surface area contributed by atoms with Crippen LogP contribution in [-0.4, -0.2) is 26.4 Å². The van der Waals surface area contributed by atoms with Gasteiger partial charge in [-0.25, -0.2) is 12.1 Å². The third-order valence-corrected chi connectivity index (χ3v) is 11.3. The number of ether oxygens (including phenoxy) is 1. The fraction of sp³-hybridized carbons (Fsp3) is 0.615. The summed E-state index contributed by atoms with van der Waals surface area (Å²) in [5, 5.41) is 10.6. The summed E-state index contributed by atoms with van der Waals surface area (Å²) in [6, 6.07) is 21.3. The summed E-state index contributed by atoms with van der Waals surface area (Å²) in [5.74, 6) is 0. The average Bonchev–Trinajstić information content (AvgIpc) is 3.46. The monoisotopic (exact) mass is 472 g/mol. The van der Waals surface area contributed by atoms with Gasteiger partial charge in [0.1, 0.15) is 0 Å². The molecule has 0 fully saturated rings. The third kappa shape index (κ3) is 11.1. The smallest absolute Gasteiger partial charge is 0.0491 e. The Hall–Kier alpha value is -0.644. The number of aliphatic hydroxyl groups is 1. The van der Waals surface area contributed by atoms with Crippen LogP contribution in [-0.2, 0) is 28.4 Å². The van der Waals surface area contributed by atoms with Crippen molar-refractivity contribution in [3.05, 3.63) is 54.1 Å². The molecule has 30 heavy (non-hydrogen) atoms. The van der Waals surface area contributed by atoms with Crippen LogP contribution >= 0.6 is 0 Å². The fourth-order valence-electron chi connectivity index (χ4n) is 4.09. The molecule has 0 amide bonds. The maximum Gasteiger partial charge on any atom is 0.0491 e. The molecule has 0 unspecified atom stereocenters. The van der Waals surface area contributed by atoms with Gasteiger partial charge in [-0.3, -0.25) is 0 Å². The van der Waals surface area contributed by atoms with Gasteiger partial charge in [-0.2, -0.15) is 11.3 Å². The number of rotatable bonds is 15. The Labute approximate surface area is 197 Å². The van der Waals surface area contributed by atoms with Crippen LogP contribution in [0.2, 0.25) is 18.1 Å². The number of unbranched alkanes of at least 4 members (excludes halogenated alkanes) is 3. The summed E-state index contributed by atoms with van der Waals surface area (Å²) in [5.41, 5.74) is 1.43. The van der Waals surface area contributed by atoms with E-state index in [9.17, 15) is 0 Å². The minimum Gasteiger partial charge on any atom is -0.748 e. The number of hydrogen-bond acceptors (Lipinski definition) is 2. The first kappa shape index (κ1) is 29.4. The van der Waals surface area contributed by atoms with Crippen LogP contribution in [0.3, 0.4) is 0 Å². The van der Waals surface area contributed by atoms with Gasteiger partial charge in [-0.05, 0) is 6.42 Å². The minimum absolute atomic E-state index is 0. The zero-order valence-corrected chi connectivity index (χ0v) is 21.6. The largest absolute Gasteiger partial charge is 0.748 e. The van der Waals surface area contributed by atoms with E-state index in [0.717, 1.165) is 13.0 Å². The second-order valence-corrected chi connectivity index (χ2v) is 12.7. The third-order valence-electron chi connectivity index (χ3n) is 5.76. The summed E-state index contributed by atoms with van der Waals surface area (Å²) in [4.78, 5) is 0. The van der Waals surface area contributed by atoms with Crippen molar-refractivity contribution >= 4 is 13.3 Å². The van der Waals surface area contributed by atoms with Gasteiger partial charge in [0.05, 0.1) is 0 Å². The van der Waals surface area contributed by atoms with Gasteiger partial charge in [0.2, 0.25) is 0 Å². The molecule has 0 atom stereocenters. The molecule has 1 N–H and O–H groups in total. The van der Waals surface area contributed by atoms with Crippen molar-refractivity contribution in [3.8, 4) is 0 Å². The van der Waals surface area contributed by atoms with Crippen LogP contribution in [0.1, 0.15) is 71.3 Å². The van der Waals surface area contributed by atoms with E-state index in [4.69, 9.17) is 9.84 Å². The van der Waals surface area contributed by atoms with E-state index < -0.39 is 8.07 Å². The predicted molar refractivity (Wildman–Crippen MR) is 130 cm³/mol. The second kappa shape index (κ2) is 19.1. The first-order valence-electron chi connectivity index (χ1n) is 11.8. The zero-order valence-electron chi connectivity index (χ0n) is 19.5. The quantitative estimate of drug-likeness (QED) is 0.176. The first-order chi connectivity index (χ1) is 14.2. The molecule has 0 aromatic heterocycles. The molecule has 0 aliphatic heterocycles. The molecule has 2 aromatic carbocycles. The molecular formula is C26H44FeO2Si-6. The van der Waals surface area contributed by atoms with Crippen molar-refractivity contribution in [1.82, 2.24) is 0 Å². The van der Waals surface area contributed by atoms with Crippen molar-refractivity contribution in [2.75, 3.05) is 13.2 Å². The normalized spacial score (nSPS) is 10.9. The molecule has 0 bridgehead atoms. The van der Waals surface area contributed by atoms with E-state index in [2.05, 4.69) is 39.0 Å². The fourth-order valence-corrected chi connectivity index (χ4v) is 10.0. The van der Waals surface area contributed by atoms with Crippen molar-refractivity contribution in [3.63, 3.8) is 0 Å². The molecule has 0 radical (unpaired) electrons. The Morgan fingerprint density at radius 2 is 1.37 bits per heavy atom. The van der Waals surface area contributed by atoms with Crippen LogP contribution in [0.15, 0.2) is 48.5 Å². The van der Waals surface area contributed by atoms with Crippen molar-refractivity contribution < 1.29 is 26.9 Å². The minimum atomic E-state index is -1.42. The summed E-state index contributed by atoms with van der Waals surface area (Å²) in [7, 11) is -1.42. The van der Waals surface area contributed by atoms with Crippen LogP contribution in [0, 0.1) is 0 Å². The van der Waals surface area contributed by atoms with E-state index in [0.29, 0.717) is 6.61 Å². The van der Waals surface area contributed by atoms with Crippen LogP contribution < -0.4 is 5.19 Å². The summed E-state index contributed by atoms with van der Waals surface area (Å²) < 4.78 is 5.83. The van der Waals surface area contributed by atoms with Crippen LogP contribution in [0.25, 0.3) is 0 Å². The molecule has 0 saturated carbocycles. The van der Waals surface area contributed by atoms with Gasteiger partial charge in [0.25, 0.3) is 0 Å². The van der Waals surface area contributed by atoms with Gasteiger partial charge in [-0.1, -0.05) is 77.4 Å². The Morgan fingerprint density at radius 3 is 1.80 bits per heavy atom. The SMILES string of the molecule is CCCC[Si](CCCC)(CCCC)[c-]1cccc1COCCCO.[Fe].[cH-]1[cH-][cH-][cH-][cH-]1. The van der Waals surface area contributed by atoms with E-state index in [1.54, 1.807) is 5.19 Å². The number of aliphatic hydroxyl groups excluding tert-OH is 1. The van der Waals surface area contributed by atoms with Crippen molar-refractivity contribution in [2.45, 2.75) is 90.5 Å². The molecule has 2 nitrogen and oxygen atoms in total. The van der Waals surface area contributed by atoms with Gasteiger partial charge >= 0.3 is 0 Å². The topological polar surface area (TPSA) is 29.5 Å². The van der Waals surface area contributed by atoms with Gasteiger partial charge < -0.3 is 40.2 Å². The van der Waals surface area contributed by atoms with Gasteiger partial charge in [0.15, 0.2) is 0 Å². The van der Waals surface area contributed by atoms with Crippen LogP contribution in [0.5, 0.6) is 0 Å². The van der Waals surface area contributed by atoms with Crippen LogP contribution in [0.4, 0.5) is 0 Å². The standard InChI is InChI=1S/C21H39O2Si.C5H5.Fe/c1-4-7-16-24(17-8-5-2,18-9-6-3)21-13-10-12-20(21)19-23-15-11-14-22;1-2-4-5-3-1;/h10,12-13,22H,4-9,11,14-19H2,1-3H3;1-5H;/q-1;-5;. The maximum atomic E-state index is 8.93. The molecule has 2 aromatic rings. The molecule has 0 heterocycles. The molecule has 0 saturated heterocycles. The molecule has 2 rings (SSSR count). The molecule has 0 aliphatic carbocycles.